The highest BCUT2D eigenvalue weighted by molar-refractivity contribution is 5.99. The molecule has 2 heterocycles. The van der Waals surface area contributed by atoms with E-state index >= 15 is 0 Å². The van der Waals surface area contributed by atoms with Gasteiger partial charge in [0.2, 0.25) is 0 Å². The van der Waals surface area contributed by atoms with Crippen molar-refractivity contribution in [3.05, 3.63) is 28.0 Å². The monoisotopic (exact) mass is 345 g/mol. The van der Waals surface area contributed by atoms with Crippen molar-refractivity contribution in [1.29, 1.82) is 0 Å². The first-order chi connectivity index (χ1) is 10.6. The number of carbonyl (C=O) groups is 1. The molecular formula is C13H20ClN5O4. The molecule has 0 bridgehead atoms. The number of nitrogens with zero attached hydrogens (tertiary/aromatic N) is 3. The van der Waals surface area contributed by atoms with Crippen molar-refractivity contribution < 1.29 is 14.1 Å². The third-order valence-corrected chi connectivity index (χ3v) is 3.47. The molecule has 0 unspecified atom stereocenters. The number of likely N-dealkylation sites (tertiary alicyclic amines) is 1. The van der Waals surface area contributed by atoms with E-state index in [4.69, 9.17) is 10.2 Å². The van der Waals surface area contributed by atoms with E-state index in [1.165, 1.54) is 18.6 Å². The highest BCUT2D eigenvalue weighted by Crippen LogP contribution is 2.18. The van der Waals surface area contributed by atoms with Gasteiger partial charge >= 0.3 is 11.9 Å². The Kier molecular flexibility index (Phi) is 7.49. The molecule has 1 aliphatic heterocycles. The predicted molar refractivity (Wildman–Crippen MR) is 86.8 cm³/mol. The highest BCUT2D eigenvalue weighted by Gasteiger charge is 2.18. The fraction of sp³-hybridized carbons (Fsp3) is 0.538. The van der Waals surface area contributed by atoms with Crippen LogP contribution in [0.5, 0.6) is 0 Å². The average Bonchev–Trinajstić information content (AvgIpc) is 2.98. The third-order valence-electron chi connectivity index (χ3n) is 3.47. The number of furan rings is 1. The summed E-state index contributed by atoms with van der Waals surface area (Å²) in [4.78, 5) is 23.2. The van der Waals surface area contributed by atoms with Gasteiger partial charge in [-0.15, -0.1) is 12.4 Å². The highest BCUT2D eigenvalue weighted by atomic mass is 35.5. The summed E-state index contributed by atoms with van der Waals surface area (Å²) in [5.41, 5.74) is 7.58. The second-order valence-corrected chi connectivity index (χ2v) is 5.08. The van der Waals surface area contributed by atoms with E-state index in [1.54, 1.807) is 0 Å². The minimum atomic E-state index is -0.795. The summed E-state index contributed by atoms with van der Waals surface area (Å²) < 4.78 is 5.14. The number of carbonyl (C=O) groups excluding carboxylic acids is 1. The molecule has 0 radical (unpaired) electrons. The van der Waals surface area contributed by atoms with Crippen LogP contribution in [-0.2, 0) is 0 Å². The molecule has 3 N–H and O–H groups in total. The first kappa shape index (κ1) is 18.9. The van der Waals surface area contributed by atoms with Gasteiger partial charge in [0.15, 0.2) is 5.76 Å². The molecule has 128 valence electrons. The van der Waals surface area contributed by atoms with E-state index in [-0.39, 0.29) is 24.1 Å². The summed E-state index contributed by atoms with van der Waals surface area (Å²) in [6.07, 6.45) is 4.08. The quantitative estimate of drug-likeness (QED) is 0.462. The van der Waals surface area contributed by atoms with Crippen LogP contribution in [0.25, 0.3) is 0 Å². The van der Waals surface area contributed by atoms with Crippen LogP contribution in [0.4, 0.5) is 10.7 Å². The van der Waals surface area contributed by atoms with Crippen molar-refractivity contribution in [3.8, 4) is 0 Å². The summed E-state index contributed by atoms with van der Waals surface area (Å²) >= 11 is 0. The number of urea groups is 1. The second kappa shape index (κ2) is 9.11. The fourth-order valence-electron chi connectivity index (χ4n) is 2.38. The maximum Gasteiger partial charge on any atom is 0.433 e. The van der Waals surface area contributed by atoms with Crippen molar-refractivity contribution in [2.75, 3.05) is 19.6 Å². The lowest BCUT2D eigenvalue weighted by molar-refractivity contribution is -0.402. The Morgan fingerprint density at radius 1 is 1.39 bits per heavy atom. The molecule has 0 saturated carbocycles. The van der Waals surface area contributed by atoms with E-state index in [2.05, 4.69) is 15.4 Å². The standard InChI is InChI=1S/C13H19N5O4.ClH/c14-13(19)16-15-10(6-9-17-7-2-1-3-8-17)11-4-5-12(22-11)18(20)21;/h4-5H,1-3,6-9H2,(H3,14,16,19);1H/b15-10-;. The van der Waals surface area contributed by atoms with E-state index in [0.29, 0.717) is 12.1 Å². The van der Waals surface area contributed by atoms with Crippen molar-refractivity contribution >= 4 is 30.0 Å². The van der Waals surface area contributed by atoms with Gasteiger partial charge in [0.25, 0.3) is 0 Å². The number of hydrazone groups is 1. The van der Waals surface area contributed by atoms with Crippen LogP contribution in [0.15, 0.2) is 21.7 Å². The summed E-state index contributed by atoms with van der Waals surface area (Å²) in [7, 11) is 0. The van der Waals surface area contributed by atoms with Gasteiger partial charge in [-0.25, -0.2) is 10.2 Å². The van der Waals surface area contributed by atoms with Crippen LogP contribution >= 0.6 is 12.4 Å². The minimum Gasteiger partial charge on any atom is -0.399 e. The number of amides is 2. The van der Waals surface area contributed by atoms with Gasteiger partial charge in [-0.2, -0.15) is 5.10 Å². The van der Waals surface area contributed by atoms with Gasteiger partial charge in [-0.3, -0.25) is 10.1 Å². The second-order valence-electron chi connectivity index (χ2n) is 5.08. The Bertz CT molecular complexity index is 568. The summed E-state index contributed by atoms with van der Waals surface area (Å²) in [5.74, 6) is -0.0998. The number of nitro groups is 1. The molecule has 1 fully saturated rings. The van der Waals surface area contributed by atoms with Crippen LogP contribution in [0.2, 0.25) is 0 Å². The molecule has 2 amide bonds. The molecule has 1 aliphatic rings. The maximum atomic E-state index is 10.8. The van der Waals surface area contributed by atoms with Crippen LogP contribution in [-0.4, -0.2) is 41.2 Å². The molecule has 0 atom stereocenters. The number of rotatable bonds is 6. The summed E-state index contributed by atoms with van der Waals surface area (Å²) in [6, 6.07) is 1.93. The van der Waals surface area contributed by atoms with Crippen molar-refractivity contribution in [3.63, 3.8) is 0 Å². The van der Waals surface area contributed by atoms with E-state index < -0.39 is 11.0 Å². The molecule has 9 nitrogen and oxygen atoms in total. The molecule has 0 aliphatic carbocycles. The first-order valence-corrected chi connectivity index (χ1v) is 7.15. The molecule has 1 aromatic rings. The van der Waals surface area contributed by atoms with Gasteiger partial charge in [-0.05, 0) is 32.0 Å². The van der Waals surface area contributed by atoms with E-state index in [0.717, 1.165) is 32.5 Å². The topological polar surface area (TPSA) is 127 Å². The summed E-state index contributed by atoms with van der Waals surface area (Å²) in [6.45, 7) is 2.79. The van der Waals surface area contributed by atoms with Crippen molar-refractivity contribution in [2.45, 2.75) is 25.7 Å². The Hall–Kier alpha value is -2.13. The SMILES string of the molecule is Cl.NC(=O)N/N=C(/CCN1CCCCC1)c1ccc([N+](=O)[O-])o1. The van der Waals surface area contributed by atoms with Gasteiger partial charge in [0.1, 0.15) is 10.6 Å². The number of halogens is 1. The van der Waals surface area contributed by atoms with Crippen LogP contribution in [0.3, 0.4) is 0 Å². The largest absolute Gasteiger partial charge is 0.433 e. The number of nitrogens with one attached hydrogen (secondary N) is 1. The first-order valence-electron chi connectivity index (χ1n) is 7.15. The Labute approximate surface area is 139 Å². The zero-order valence-electron chi connectivity index (χ0n) is 12.6. The molecule has 0 spiro atoms. The van der Waals surface area contributed by atoms with Crippen molar-refractivity contribution in [2.24, 2.45) is 10.8 Å². The Morgan fingerprint density at radius 2 is 2.09 bits per heavy atom. The number of primary amides is 1. The van der Waals surface area contributed by atoms with Crippen LogP contribution in [0, 0.1) is 10.1 Å². The average molecular weight is 346 g/mol. The zero-order chi connectivity index (χ0) is 15.9. The van der Waals surface area contributed by atoms with Gasteiger partial charge < -0.3 is 15.1 Å². The van der Waals surface area contributed by atoms with Gasteiger partial charge in [0.05, 0.1) is 6.07 Å². The lowest BCUT2D eigenvalue weighted by Gasteiger charge is -2.26. The summed E-state index contributed by atoms with van der Waals surface area (Å²) in [5, 5.41) is 14.6. The number of piperidine rings is 1. The Morgan fingerprint density at radius 3 is 2.65 bits per heavy atom. The minimum absolute atomic E-state index is 0. The molecule has 10 heteroatoms. The molecular weight excluding hydrogens is 326 g/mol. The number of nitrogens with two attached hydrogens (primary N) is 1. The molecule has 0 aromatic carbocycles. The van der Waals surface area contributed by atoms with Gasteiger partial charge in [0, 0.05) is 13.0 Å². The molecule has 1 saturated heterocycles. The maximum absolute atomic E-state index is 10.8. The molecule has 1 aromatic heterocycles. The van der Waals surface area contributed by atoms with E-state index in [9.17, 15) is 14.9 Å². The van der Waals surface area contributed by atoms with Gasteiger partial charge in [-0.1, -0.05) is 6.42 Å². The normalized spacial score (nSPS) is 15.7. The van der Waals surface area contributed by atoms with Crippen LogP contribution < -0.4 is 11.2 Å². The Balaban J connectivity index is 0.00000264. The van der Waals surface area contributed by atoms with Crippen molar-refractivity contribution in [1.82, 2.24) is 10.3 Å². The lowest BCUT2D eigenvalue weighted by Crippen LogP contribution is -2.32. The molecule has 23 heavy (non-hydrogen) atoms. The number of hydrogen-bond donors (Lipinski definition) is 2. The predicted octanol–water partition coefficient (Wildman–Crippen LogP) is 1.86. The fourth-order valence-corrected chi connectivity index (χ4v) is 2.38. The van der Waals surface area contributed by atoms with E-state index in [1.807, 2.05) is 0 Å². The number of hydrogen-bond acceptors (Lipinski definition) is 6. The lowest BCUT2D eigenvalue weighted by atomic mass is 10.1. The molecule has 2 rings (SSSR count). The zero-order valence-corrected chi connectivity index (χ0v) is 13.4. The smallest absolute Gasteiger partial charge is 0.399 e. The third kappa shape index (κ3) is 5.87. The van der Waals surface area contributed by atoms with Crippen LogP contribution in [0.1, 0.15) is 31.4 Å².